The Balaban J connectivity index is 1.75. The minimum Gasteiger partial charge on any atom is -0.315 e. The van der Waals surface area contributed by atoms with Gasteiger partial charge in [0.05, 0.1) is 0 Å². The Hall–Kier alpha value is 0.210. The minimum absolute atomic E-state index is 0.813. The van der Waals surface area contributed by atoms with E-state index in [1.165, 1.54) is 45.3 Å². The topological polar surface area (TPSA) is 15.3 Å². The van der Waals surface area contributed by atoms with Crippen molar-refractivity contribution in [3.8, 4) is 0 Å². The summed E-state index contributed by atoms with van der Waals surface area (Å²) < 4.78 is 0. The van der Waals surface area contributed by atoms with Crippen molar-refractivity contribution in [1.82, 2.24) is 10.2 Å². The van der Waals surface area contributed by atoms with Gasteiger partial charge in [-0.1, -0.05) is 6.42 Å². The second-order valence-electron chi connectivity index (χ2n) is 4.05. The molecule has 1 saturated heterocycles. The zero-order chi connectivity index (χ0) is 10.1. The molecule has 0 atom stereocenters. The van der Waals surface area contributed by atoms with Crippen LogP contribution in [0.5, 0.6) is 0 Å². The molecule has 2 nitrogen and oxygen atoms in total. The van der Waals surface area contributed by atoms with E-state index >= 15 is 0 Å². The fourth-order valence-corrected chi connectivity index (χ4v) is 2.08. The molecule has 3 heteroatoms. The smallest absolute Gasteiger partial charge is 0.0223 e. The number of nitrogens with zero attached hydrogens (tertiary/aromatic N) is 1. The number of hydrogen-bond donors (Lipinski definition) is 1. The summed E-state index contributed by atoms with van der Waals surface area (Å²) in [5.74, 6) is 0.813. The number of unbranched alkanes of at least 4 members (excludes halogenated alkanes) is 2. The number of halogens is 1. The second-order valence-corrected chi connectivity index (χ2v) is 4.43. The van der Waals surface area contributed by atoms with Crippen LogP contribution in [0.4, 0.5) is 0 Å². The van der Waals surface area contributed by atoms with Gasteiger partial charge in [-0.2, -0.15) is 0 Å². The quantitative estimate of drug-likeness (QED) is 0.496. The first-order chi connectivity index (χ1) is 6.93. The Morgan fingerprint density at radius 2 is 1.79 bits per heavy atom. The van der Waals surface area contributed by atoms with Crippen LogP contribution in [0, 0.1) is 0 Å². The van der Waals surface area contributed by atoms with Crippen molar-refractivity contribution in [3.63, 3.8) is 0 Å². The normalized spacial score (nSPS) is 17.8. The van der Waals surface area contributed by atoms with Gasteiger partial charge in [-0.3, -0.25) is 0 Å². The largest absolute Gasteiger partial charge is 0.315 e. The summed E-state index contributed by atoms with van der Waals surface area (Å²) in [7, 11) is 0. The third-order valence-corrected chi connectivity index (χ3v) is 3.06. The summed E-state index contributed by atoms with van der Waals surface area (Å²) in [6.45, 7) is 6.17. The van der Waals surface area contributed by atoms with Crippen LogP contribution in [0.1, 0.15) is 32.1 Å². The van der Waals surface area contributed by atoms with E-state index in [0.717, 1.165) is 25.4 Å². The fraction of sp³-hybridized carbons (Fsp3) is 1.00. The number of alkyl halides is 1. The Morgan fingerprint density at radius 3 is 2.50 bits per heavy atom. The summed E-state index contributed by atoms with van der Waals surface area (Å²) >= 11 is 5.60. The van der Waals surface area contributed by atoms with Crippen LogP contribution in [0.3, 0.4) is 0 Å². The number of likely N-dealkylation sites (tertiary alicyclic amines) is 1. The molecule has 0 aromatic heterocycles. The molecule has 0 aromatic carbocycles. The van der Waals surface area contributed by atoms with E-state index in [-0.39, 0.29) is 0 Å². The molecule has 1 N–H and O–H groups in total. The lowest BCUT2D eigenvalue weighted by Crippen LogP contribution is -2.30. The lowest BCUT2D eigenvalue weighted by atomic mass is 10.2. The molecule has 0 aliphatic carbocycles. The maximum absolute atomic E-state index is 5.60. The minimum atomic E-state index is 0.813. The van der Waals surface area contributed by atoms with Crippen LogP contribution in [-0.4, -0.2) is 43.5 Å². The monoisotopic (exact) mass is 218 g/mol. The molecule has 14 heavy (non-hydrogen) atoms. The highest BCUT2D eigenvalue weighted by Crippen LogP contribution is 2.05. The highest BCUT2D eigenvalue weighted by atomic mass is 35.5. The summed E-state index contributed by atoms with van der Waals surface area (Å²) in [5.41, 5.74) is 0. The molecule has 1 rings (SSSR count). The van der Waals surface area contributed by atoms with Gasteiger partial charge in [0.25, 0.3) is 0 Å². The van der Waals surface area contributed by atoms with Crippen molar-refractivity contribution in [3.05, 3.63) is 0 Å². The molecule has 0 saturated carbocycles. The third-order valence-electron chi connectivity index (χ3n) is 2.79. The molecular weight excluding hydrogens is 196 g/mol. The molecule has 1 aliphatic rings. The zero-order valence-corrected chi connectivity index (χ0v) is 9.86. The van der Waals surface area contributed by atoms with Crippen molar-refractivity contribution in [1.29, 1.82) is 0 Å². The maximum Gasteiger partial charge on any atom is 0.0223 e. The highest BCUT2D eigenvalue weighted by molar-refractivity contribution is 6.17. The van der Waals surface area contributed by atoms with Crippen molar-refractivity contribution in [2.45, 2.75) is 32.1 Å². The van der Waals surface area contributed by atoms with Gasteiger partial charge < -0.3 is 10.2 Å². The molecule has 0 aromatic rings. The molecule has 84 valence electrons. The summed E-state index contributed by atoms with van der Waals surface area (Å²) in [6.07, 6.45) is 6.49. The summed E-state index contributed by atoms with van der Waals surface area (Å²) in [5, 5.41) is 3.49. The molecule has 0 amide bonds. The molecule has 1 aliphatic heterocycles. The van der Waals surface area contributed by atoms with Crippen LogP contribution in [-0.2, 0) is 0 Å². The van der Waals surface area contributed by atoms with E-state index in [2.05, 4.69) is 10.2 Å². The van der Waals surface area contributed by atoms with Crippen LogP contribution >= 0.6 is 11.6 Å². The predicted molar refractivity (Wildman–Crippen MR) is 63.1 cm³/mol. The Kier molecular flexibility index (Phi) is 7.47. The first kappa shape index (κ1) is 12.3. The standard InChI is InChI=1S/C11H23ClN2/c12-6-2-1-3-7-13-8-11-14-9-4-5-10-14/h13H,1-11H2. The summed E-state index contributed by atoms with van der Waals surface area (Å²) in [4.78, 5) is 2.55. The Labute approximate surface area is 93.0 Å². The van der Waals surface area contributed by atoms with E-state index in [0.29, 0.717) is 0 Å². The first-order valence-electron chi connectivity index (χ1n) is 5.92. The van der Waals surface area contributed by atoms with Gasteiger partial charge >= 0.3 is 0 Å². The molecule has 1 heterocycles. The van der Waals surface area contributed by atoms with Gasteiger partial charge in [0.2, 0.25) is 0 Å². The lowest BCUT2D eigenvalue weighted by molar-refractivity contribution is 0.335. The van der Waals surface area contributed by atoms with Gasteiger partial charge in [-0.05, 0) is 45.3 Å². The molecule has 0 spiro atoms. The van der Waals surface area contributed by atoms with E-state index in [1.54, 1.807) is 0 Å². The van der Waals surface area contributed by atoms with E-state index in [1.807, 2.05) is 0 Å². The SMILES string of the molecule is ClCCCCCNCCN1CCCC1. The van der Waals surface area contributed by atoms with E-state index in [4.69, 9.17) is 11.6 Å². The highest BCUT2D eigenvalue weighted by Gasteiger charge is 2.09. The van der Waals surface area contributed by atoms with Crippen molar-refractivity contribution < 1.29 is 0 Å². The number of rotatable bonds is 8. The van der Waals surface area contributed by atoms with Crippen LogP contribution in [0.25, 0.3) is 0 Å². The van der Waals surface area contributed by atoms with Crippen LogP contribution in [0.15, 0.2) is 0 Å². The third kappa shape index (κ3) is 5.84. The van der Waals surface area contributed by atoms with Crippen molar-refractivity contribution >= 4 is 11.6 Å². The van der Waals surface area contributed by atoms with Crippen molar-refractivity contribution in [2.75, 3.05) is 38.6 Å². The number of hydrogen-bond acceptors (Lipinski definition) is 2. The molecule has 1 fully saturated rings. The molecule has 0 bridgehead atoms. The average molecular weight is 219 g/mol. The zero-order valence-electron chi connectivity index (χ0n) is 9.10. The lowest BCUT2D eigenvalue weighted by Gasteiger charge is -2.14. The Morgan fingerprint density at radius 1 is 1.00 bits per heavy atom. The van der Waals surface area contributed by atoms with Crippen molar-refractivity contribution in [2.24, 2.45) is 0 Å². The number of nitrogens with one attached hydrogen (secondary N) is 1. The second kappa shape index (κ2) is 8.51. The van der Waals surface area contributed by atoms with E-state index < -0.39 is 0 Å². The predicted octanol–water partition coefficient (Wildman–Crippen LogP) is 2.08. The van der Waals surface area contributed by atoms with Gasteiger partial charge in [0.15, 0.2) is 0 Å². The van der Waals surface area contributed by atoms with E-state index in [9.17, 15) is 0 Å². The van der Waals surface area contributed by atoms with Gasteiger partial charge in [-0.25, -0.2) is 0 Å². The Bertz CT molecular complexity index is 124. The van der Waals surface area contributed by atoms with Gasteiger partial charge in [-0.15, -0.1) is 11.6 Å². The van der Waals surface area contributed by atoms with Gasteiger partial charge in [0.1, 0.15) is 0 Å². The molecule has 0 radical (unpaired) electrons. The first-order valence-corrected chi connectivity index (χ1v) is 6.46. The summed E-state index contributed by atoms with van der Waals surface area (Å²) in [6, 6.07) is 0. The van der Waals surface area contributed by atoms with Crippen LogP contribution in [0.2, 0.25) is 0 Å². The fourth-order valence-electron chi connectivity index (χ4n) is 1.89. The van der Waals surface area contributed by atoms with Crippen LogP contribution < -0.4 is 5.32 Å². The molecular formula is C11H23ClN2. The molecule has 0 unspecified atom stereocenters. The maximum atomic E-state index is 5.60. The average Bonchev–Trinajstić information content (AvgIpc) is 2.69. The van der Waals surface area contributed by atoms with Gasteiger partial charge in [0, 0.05) is 19.0 Å².